The summed E-state index contributed by atoms with van der Waals surface area (Å²) in [4.78, 5) is 39.6. The summed E-state index contributed by atoms with van der Waals surface area (Å²) >= 11 is 0. The Morgan fingerprint density at radius 2 is 1.77 bits per heavy atom. The number of hydrogen-bond donors (Lipinski definition) is 3. The molecule has 0 bridgehead atoms. The minimum Gasteiger partial charge on any atom is -0.370 e. The number of para-hydroxylation sites is 2. The number of likely N-dealkylation sites (tertiary alicyclic amines) is 1. The van der Waals surface area contributed by atoms with E-state index in [0.29, 0.717) is 26.1 Å². The average molecular weight is 527 g/mol. The topological polar surface area (TPSA) is 159 Å². The number of primary amides is 1. The number of carbonyl (C=O) groups excluding carboxylic acids is 2. The number of hydrogen-bond acceptors (Lipinski definition) is 7. The molecule has 202 valence electrons. The number of piperidine rings is 1. The van der Waals surface area contributed by atoms with Crippen LogP contribution in [0.1, 0.15) is 43.0 Å². The van der Waals surface area contributed by atoms with E-state index in [1.54, 1.807) is 12.4 Å². The summed E-state index contributed by atoms with van der Waals surface area (Å²) in [5.41, 5.74) is 22.2. The SMILES string of the molecule is NC(=O)CCn1c(C2CCCN(C(=O)CC(N)Cc3ccc(-c4cnc(N)nc4)cc3)C2)nc2ccccc21. The lowest BCUT2D eigenvalue weighted by Gasteiger charge is -2.33. The smallest absolute Gasteiger partial charge is 0.224 e. The molecule has 1 aliphatic heterocycles. The van der Waals surface area contributed by atoms with Gasteiger partial charge in [-0.1, -0.05) is 36.4 Å². The highest BCUT2D eigenvalue weighted by molar-refractivity contribution is 5.78. The highest BCUT2D eigenvalue weighted by Crippen LogP contribution is 2.30. The number of amides is 2. The van der Waals surface area contributed by atoms with Crippen LogP contribution in [0.25, 0.3) is 22.2 Å². The standard InChI is InChI=1S/C29H34N8O2/c30-23(14-19-7-9-20(10-8-19)22-16-33-29(32)34-17-22)15-27(39)36-12-3-4-21(18-36)28-35-24-5-1-2-6-25(24)37(28)13-11-26(31)38/h1-2,5-10,16-17,21,23H,3-4,11-15,18,30H2,(H2,31,38)(H2,32,33,34). The van der Waals surface area contributed by atoms with Gasteiger partial charge >= 0.3 is 0 Å². The molecule has 5 rings (SSSR count). The average Bonchev–Trinajstić information content (AvgIpc) is 3.31. The number of benzene rings is 2. The predicted octanol–water partition coefficient (Wildman–Crippen LogP) is 2.62. The summed E-state index contributed by atoms with van der Waals surface area (Å²) in [5.74, 6) is 0.951. The summed E-state index contributed by atoms with van der Waals surface area (Å²) in [6.07, 6.45) is 6.33. The zero-order chi connectivity index (χ0) is 27.4. The molecule has 2 aromatic carbocycles. The maximum absolute atomic E-state index is 13.2. The van der Waals surface area contributed by atoms with Gasteiger partial charge in [0.05, 0.1) is 11.0 Å². The maximum Gasteiger partial charge on any atom is 0.224 e. The first-order chi connectivity index (χ1) is 18.9. The van der Waals surface area contributed by atoms with Gasteiger partial charge in [0.1, 0.15) is 5.82 Å². The number of fused-ring (bicyclic) bond motifs is 1. The number of aryl methyl sites for hydroxylation is 1. The first-order valence-corrected chi connectivity index (χ1v) is 13.3. The monoisotopic (exact) mass is 526 g/mol. The number of carbonyl (C=O) groups is 2. The van der Waals surface area contributed by atoms with Gasteiger partial charge in [-0.25, -0.2) is 15.0 Å². The molecule has 0 radical (unpaired) electrons. The number of imidazole rings is 1. The van der Waals surface area contributed by atoms with E-state index in [0.717, 1.165) is 46.4 Å². The Kier molecular flexibility index (Phi) is 7.83. The van der Waals surface area contributed by atoms with Crippen LogP contribution in [0.5, 0.6) is 0 Å². The minimum absolute atomic E-state index is 0.0580. The molecule has 0 aliphatic carbocycles. The van der Waals surface area contributed by atoms with Gasteiger partial charge in [-0.2, -0.15) is 0 Å². The van der Waals surface area contributed by atoms with E-state index < -0.39 is 0 Å². The predicted molar refractivity (Wildman–Crippen MR) is 150 cm³/mol. The number of nitrogen functional groups attached to an aromatic ring is 1. The molecule has 10 heteroatoms. The molecule has 10 nitrogen and oxygen atoms in total. The maximum atomic E-state index is 13.2. The Morgan fingerprint density at radius 1 is 1.03 bits per heavy atom. The van der Waals surface area contributed by atoms with Gasteiger partial charge in [0.25, 0.3) is 0 Å². The lowest BCUT2D eigenvalue weighted by Crippen LogP contribution is -2.42. The molecule has 1 aliphatic rings. The van der Waals surface area contributed by atoms with Crippen molar-refractivity contribution in [2.75, 3.05) is 18.8 Å². The third-order valence-electron chi connectivity index (χ3n) is 7.30. The van der Waals surface area contributed by atoms with Crippen LogP contribution in [-0.4, -0.2) is 55.4 Å². The van der Waals surface area contributed by atoms with Gasteiger partial charge in [-0.3, -0.25) is 9.59 Å². The van der Waals surface area contributed by atoms with Crippen molar-refractivity contribution in [3.63, 3.8) is 0 Å². The molecule has 39 heavy (non-hydrogen) atoms. The summed E-state index contributed by atoms with van der Waals surface area (Å²) < 4.78 is 2.09. The van der Waals surface area contributed by atoms with Crippen molar-refractivity contribution in [3.05, 3.63) is 72.3 Å². The van der Waals surface area contributed by atoms with E-state index in [1.807, 2.05) is 53.4 Å². The van der Waals surface area contributed by atoms with Gasteiger partial charge in [-0.15, -0.1) is 0 Å². The van der Waals surface area contributed by atoms with Crippen LogP contribution in [0, 0.1) is 0 Å². The normalized spacial score (nSPS) is 16.3. The molecule has 2 unspecified atom stereocenters. The van der Waals surface area contributed by atoms with Crippen molar-refractivity contribution >= 4 is 28.8 Å². The molecule has 3 heterocycles. The largest absolute Gasteiger partial charge is 0.370 e. The second-order valence-corrected chi connectivity index (χ2v) is 10.2. The Hall–Kier alpha value is -4.31. The first kappa shape index (κ1) is 26.3. The van der Waals surface area contributed by atoms with Crippen molar-refractivity contribution < 1.29 is 9.59 Å². The summed E-state index contributed by atoms with van der Waals surface area (Å²) in [6.45, 7) is 1.77. The Labute approximate surface area is 227 Å². The van der Waals surface area contributed by atoms with Crippen molar-refractivity contribution in [1.29, 1.82) is 0 Å². The highest BCUT2D eigenvalue weighted by Gasteiger charge is 2.29. The molecular weight excluding hydrogens is 492 g/mol. The van der Waals surface area contributed by atoms with Crippen LogP contribution < -0.4 is 17.2 Å². The van der Waals surface area contributed by atoms with Crippen LogP contribution >= 0.6 is 0 Å². The van der Waals surface area contributed by atoms with Crippen molar-refractivity contribution in [2.24, 2.45) is 11.5 Å². The number of nitrogens with zero attached hydrogens (tertiary/aromatic N) is 5. The fraction of sp³-hybridized carbons (Fsp3) is 0.345. The van der Waals surface area contributed by atoms with Crippen LogP contribution in [0.4, 0.5) is 5.95 Å². The fourth-order valence-electron chi connectivity index (χ4n) is 5.33. The van der Waals surface area contributed by atoms with E-state index in [2.05, 4.69) is 14.5 Å². The molecule has 2 atom stereocenters. The van der Waals surface area contributed by atoms with Crippen LogP contribution in [0.15, 0.2) is 60.9 Å². The number of aromatic nitrogens is 4. The molecule has 2 amide bonds. The summed E-state index contributed by atoms with van der Waals surface area (Å²) in [6, 6.07) is 15.6. The molecule has 6 N–H and O–H groups in total. The fourth-order valence-corrected chi connectivity index (χ4v) is 5.33. The molecule has 1 fully saturated rings. The Bertz CT molecular complexity index is 1450. The first-order valence-electron chi connectivity index (χ1n) is 13.3. The molecule has 0 spiro atoms. The molecule has 0 saturated carbocycles. The van der Waals surface area contributed by atoms with Gasteiger partial charge in [-0.05, 0) is 42.5 Å². The number of nitrogens with two attached hydrogens (primary N) is 3. The third-order valence-corrected chi connectivity index (χ3v) is 7.30. The van der Waals surface area contributed by atoms with E-state index >= 15 is 0 Å². The van der Waals surface area contributed by atoms with E-state index in [9.17, 15) is 9.59 Å². The lowest BCUT2D eigenvalue weighted by atomic mass is 9.95. The van der Waals surface area contributed by atoms with Gasteiger partial charge in [0.2, 0.25) is 17.8 Å². The summed E-state index contributed by atoms with van der Waals surface area (Å²) in [7, 11) is 0. The van der Waals surface area contributed by atoms with Crippen LogP contribution in [0.3, 0.4) is 0 Å². The van der Waals surface area contributed by atoms with Crippen molar-refractivity contribution in [1.82, 2.24) is 24.4 Å². The molecule has 2 aromatic heterocycles. The van der Waals surface area contributed by atoms with Crippen LogP contribution in [-0.2, 0) is 22.6 Å². The van der Waals surface area contributed by atoms with Gasteiger partial charge < -0.3 is 26.7 Å². The third kappa shape index (κ3) is 6.23. The van der Waals surface area contributed by atoms with Crippen molar-refractivity contribution in [2.45, 2.75) is 50.6 Å². The number of rotatable bonds is 9. The Balaban J connectivity index is 1.22. The van der Waals surface area contributed by atoms with E-state index in [-0.39, 0.29) is 42.6 Å². The molecule has 1 saturated heterocycles. The highest BCUT2D eigenvalue weighted by atomic mass is 16.2. The zero-order valence-corrected chi connectivity index (χ0v) is 21.9. The second kappa shape index (κ2) is 11.6. The Morgan fingerprint density at radius 3 is 2.51 bits per heavy atom. The second-order valence-electron chi connectivity index (χ2n) is 10.2. The summed E-state index contributed by atoms with van der Waals surface area (Å²) in [5, 5.41) is 0. The molecule has 4 aromatic rings. The van der Waals surface area contributed by atoms with E-state index in [4.69, 9.17) is 22.2 Å². The van der Waals surface area contributed by atoms with Crippen molar-refractivity contribution in [3.8, 4) is 11.1 Å². The zero-order valence-electron chi connectivity index (χ0n) is 21.9. The van der Waals surface area contributed by atoms with Crippen LogP contribution in [0.2, 0.25) is 0 Å². The number of anilines is 1. The minimum atomic E-state index is -0.345. The van der Waals surface area contributed by atoms with E-state index in [1.165, 1.54) is 0 Å². The van der Waals surface area contributed by atoms with Gasteiger partial charge in [0, 0.05) is 62.4 Å². The molecular formula is C29H34N8O2. The van der Waals surface area contributed by atoms with Gasteiger partial charge in [0.15, 0.2) is 0 Å². The lowest BCUT2D eigenvalue weighted by molar-refractivity contribution is -0.132. The quantitative estimate of drug-likeness (QED) is 0.302.